The lowest BCUT2D eigenvalue weighted by atomic mass is 9.98. The molecule has 7 aromatic rings. The maximum Gasteiger partial charge on any atom is 0.152 e. The first-order chi connectivity index (χ1) is 19.3. The van der Waals surface area contributed by atoms with Crippen LogP contribution in [-0.2, 0) is 0 Å². The topological polar surface area (TPSA) is 12.5 Å². The first-order valence-electron chi connectivity index (χ1n) is 13.1. The summed E-state index contributed by atoms with van der Waals surface area (Å²) in [6.45, 7) is 0. The molecule has 0 saturated heterocycles. The zero-order valence-corrected chi connectivity index (χ0v) is 21.9. The Hall–Kier alpha value is -4.86. The first-order valence-corrected chi connectivity index (χ1v) is 13.9. The van der Waals surface area contributed by atoms with Crippen molar-refractivity contribution in [3.05, 3.63) is 140 Å². The zero-order valence-electron chi connectivity index (χ0n) is 21.0. The van der Waals surface area contributed by atoms with E-state index >= 15 is 0 Å². The number of thiophene rings is 1. The van der Waals surface area contributed by atoms with E-state index in [9.17, 15) is 0 Å². The Labute approximate surface area is 231 Å². The van der Waals surface area contributed by atoms with Gasteiger partial charge in [0.05, 0.1) is 11.4 Å². The third-order valence-electron chi connectivity index (χ3n) is 7.47. The van der Waals surface area contributed by atoms with Gasteiger partial charge in [0, 0.05) is 25.9 Å². The summed E-state index contributed by atoms with van der Waals surface area (Å²) in [5, 5.41) is 2.61. The van der Waals surface area contributed by atoms with E-state index in [4.69, 9.17) is 4.74 Å². The number of fused-ring (bicyclic) bond motifs is 5. The molecule has 0 unspecified atom stereocenters. The first kappa shape index (κ1) is 22.2. The predicted molar refractivity (Wildman–Crippen MR) is 165 cm³/mol. The smallest absolute Gasteiger partial charge is 0.152 e. The molecule has 0 bridgehead atoms. The maximum atomic E-state index is 6.53. The molecule has 0 fully saturated rings. The molecule has 1 aliphatic heterocycles. The highest BCUT2D eigenvalue weighted by Crippen LogP contribution is 2.52. The number of anilines is 3. The molecule has 0 N–H and O–H groups in total. The predicted octanol–water partition coefficient (Wildman–Crippen LogP) is 11.0. The van der Waals surface area contributed by atoms with Gasteiger partial charge in [0.15, 0.2) is 11.5 Å². The molecule has 184 valence electrons. The van der Waals surface area contributed by atoms with Gasteiger partial charge in [-0.1, -0.05) is 91.0 Å². The molecule has 0 aliphatic carbocycles. The van der Waals surface area contributed by atoms with Gasteiger partial charge < -0.3 is 9.64 Å². The largest absolute Gasteiger partial charge is 0.453 e. The van der Waals surface area contributed by atoms with Crippen molar-refractivity contribution in [1.82, 2.24) is 0 Å². The highest BCUT2D eigenvalue weighted by molar-refractivity contribution is 7.25. The second-order valence-electron chi connectivity index (χ2n) is 9.78. The van der Waals surface area contributed by atoms with Gasteiger partial charge in [-0.3, -0.25) is 0 Å². The van der Waals surface area contributed by atoms with Gasteiger partial charge in [0.25, 0.3) is 0 Å². The maximum absolute atomic E-state index is 6.53. The van der Waals surface area contributed by atoms with Crippen molar-refractivity contribution >= 4 is 48.6 Å². The van der Waals surface area contributed by atoms with Crippen molar-refractivity contribution in [3.63, 3.8) is 0 Å². The number of ether oxygens (including phenoxy) is 1. The molecule has 2 nitrogen and oxygen atoms in total. The number of hydrogen-bond donors (Lipinski definition) is 0. The van der Waals surface area contributed by atoms with Crippen LogP contribution < -0.4 is 9.64 Å². The van der Waals surface area contributed by atoms with Gasteiger partial charge >= 0.3 is 0 Å². The molecule has 0 saturated carbocycles. The number of nitrogens with zero attached hydrogens (tertiary/aromatic N) is 1. The van der Waals surface area contributed by atoms with Crippen molar-refractivity contribution in [2.75, 3.05) is 4.90 Å². The van der Waals surface area contributed by atoms with Crippen molar-refractivity contribution in [2.24, 2.45) is 0 Å². The summed E-state index contributed by atoms with van der Waals surface area (Å²) in [6.07, 6.45) is 0. The van der Waals surface area contributed by atoms with Crippen LogP contribution in [0.1, 0.15) is 0 Å². The lowest BCUT2D eigenvalue weighted by molar-refractivity contribution is 0.477. The van der Waals surface area contributed by atoms with Crippen LogP contribution in [-0.4, -0.2) is 0 Å². The van der Waals surface area contributed by atoms with Crippen LogP contribution in [0.15, 0.2) is 140 Å². The van der Waals surface area contributed by atoms with Crippen LogP contribution in [0.4, 0.5) is 17.1 Å². The average molecular weight is 518 g/mol. The molecule has 2 heterocycles. The van der Waals surface area contributed by atoms with E-state index in [1.54, 1.807) is 0 Å². The molecule has 6 aromatic carbocycles. The van der Waals surface area contributed by atoms with E-state index in [0.29, 0.717) is 0 Å². The minimum Gasteiger partial charge on any atom is -0.453 e. The van der Waals surface area contributed by atoms with E-state index in [1.165, 1.54) is 36.9 Å². The van der Waals surface area contributed by atoms with Crippen molar-refractivity contribution in [3.8, 4) is 33.8 Å². The lowest BCUT2D eigenvalue weighted by Crippen LogP contribution is -2.15. The number of benzene rings is 6. The van der Waals surface area contributed by atoms with E-state index in [0.717, 1.165) is 34.1 Å². The van der Waals surface area contributed by atoms with Crippen LogP contribution in [0.5, 0.6) is 11.5 Å². The van der Waals surface area contributed by atoms with Gasteiger partial charge in [0.2, 0.25) is 0 Å². The molecule has 0 spiro atoms. The Bertz CT molecular complexity index is 1990. The Morgan fingerprint density at radius 2 is 1.18 bits per heavy atom. The molecule has 1 aromatic heterocycles. The fraction of sp³-hybridized carbons (Fsp3) is 0. The normalized spacial score (nSPS) is 12.3. The Balaban J connectivity index is 1.27. The molecular weight excluding hydrogens is 494 g/mol. The minimum absolute atomic E-state index is 0.855. The SMILES string of the molecule is c1ccc(-c2ccc(N3c4ccccc4Oc4cc(-c5cccc6sc7ccccc7c56)ccc43)cc2)cc1. The highest BCUT2D eigenvalue weighted by atomic mass is 32.1. The molecule has 8 rings (SSSR count). The van der Waals surface area contributed by atoms with E-state index < -0.39 is 0 Å². The van der Waals surface area contributed by atoms with Crippen LogP contribution in [0, 0.1) is 0 Å². The molecule has 3 heteroatoms. The number of hydrogen-bond acceptors (Lipinski definition) is 3. The second kappa shape index (κ2) is 8.87. The quantitative estimate of drug-likeness (QED) is 0.231. The molecule has 0 amide bonds. The van der Waals surface area contributed by atoms with Crippen LogP contribution in [0.3, 0.4) is 0 Å². The van der Waals surface area contributed by atoms with E-state index in [-0.39, 0.29) is 0 Å². The summed E-state index contributed by atoms with van der Waals surface area (Å²) in [7, 11) is 0. The molecular formula is C36H23NOS. The van der Waals surface area contributed by atoms with Gasteiger partial charge in [-0.25, -0.2) is 0 Å². The Morgan fingerprint density at radius 3 is 2.08 bits per heavy atom. The molecule has 0 atom stereocenters. The van der Waals surface area contributed by atoms with Gasteiger partial charge in [-0.2, -0.15) is 0 Å². The Kier molecular flexibility index (Phi) is 5.04. The summed E-state index contributed by atoms with van der Waals surface area (Å²) in [5.74, 6) is 1.71. The Morgan fingerprint density at radius 1 is 0.487 bits per heavy atom. The lowest BCUT2D eigenvalue weighted by Gasteiger charge is -2.33. The van der Waals surface area contributed by atoms with E-state index in [2.05, 4.69) is 132 Å². The van der Waals surface area contributed by atoms with Gasteiger partial charge in [-0.15, -0.1) is 11.3 Å². The summed E-state index contributed by atoms with van der Waals surface area (Å²) >= 11 is 1.85. The zero-order chi connectivity index (χ0) is 25.8. The minimum atomic E-state index is 0.855. The van der Waals surface area contributed by atoms with Crippen molar-refractivity contribution in [1.29, 1.82) is 0 Å². The summed E-state index contributed by atoms with van der Waals surface area (Å²) in [6, 6.07) is 49.4. The van der Waals surface area contributed by atoms with Crippen molar-refractivity contribution < 1.29 is 4.74 Å². The van der Waals surface area contributed by atoms with Gasteiger partial charge in [0.1, 0.15) is 0 Å². The third kappa shape index (κ3) is 3.63. The molecule has 0 radical (unpaired) electrons. The van der Waals surface area contributed by atoms with Crippen LogP contribution in [0.2, 0.25) is 0 Å². The summed E-state index contributed by atoms with van der Waals surface area (Å²) in [5.41, 5.74) is 7.98. The summed E-state index contributed by atoms with van der Waals surface area (Å²) < 4.78 is 9.14. The van der Waals surface area contributed by atoms with Gasteiger partial charge in [-0.05, 0) is 70.8 Å². The van der Waals surface area contributed by atoms with Crippen molar-refractivity contribution in [2.45, 2.75) is 0 Å². The van der Waals surface area contributed by atoms with Crippen LogP contribution in [0.25, 0.3) is 42.4 Å². The summed E-state index contributed by atoms with van der Waals surface area (Å²) in [4.78, 5) is 2.30. The number of para-hydroxylation sites is 2. The average Bonchev–Trinajstić information content (AvgIpc) is 3.39. The fourth-order valence-corrected chi connectivity index (χ4v) is 6.78. The number of rotatable bonds is 3. The monoisotopic (exact) mass is 517 g/mol. The molecule has 39 heavy (non-hydrogen) atoms. The fourth-order valence-electron chi connectivity index (χ4n) is 5.65. The third-order valence-corrected chi connectivity index (χ3v) is 8.61. The molecule has 1 aliphatic rings. The standard InChI is InChI=1S/C36H23NOS/c1-2-9-24(10-3-1)25-17-20-27(21-18-25)37-30-13-5-6-14-32(30)38-33-23-26(19-22-31(33)37)28-12-8-16-35-36(28)29-11-4-7-15-34(29)39-35/h1-23H. The van der Waals surface area contributed by atoms with Crippen LogP contribution >= 0.6 is 11.3 Å². The van der Waals surface area contributed by atoms with E-state index in [1.807, 2.05) is 23.5 Å². The highest BCUT2D eigenvalue weighted by Gasteiger charge is 2.26. The second-order valence-corrected chi connectivity index (χ2v) is 10.9.